The van der Waals surface area contributed by atoms with Gasteiger partial charge < -0.3 is 19.7 Å². The maximum Gasteiger partial charge on any atom is 0.236 e. The van der Waals surface area contributed by atoms with Crippen LogP contribution in [-0.2, 0) is 11.3 Å². The molecule has 1 N–H and O–H groups in total. The van der Waals surface area contributed by atoms with Crippen molar-refractivity contribution >= 4 is 28.8 Å². The minimum absolute atomic E-state index is 0.118. The average Bonchev–Trinajstić information content (AvgIpc) is 3.17. The number of imidazole rings is 1. The molecule has 36 heavy (non-hydrogen) atoms. The van der Waals surface area contributed by atoms with Gasteiger partial charge in [0.1, 0.15) is 11.6 Å². The van der Waals surface area contributed by atoms with E-state index in [1.54, 1.807) is 6.92 Å². The Morgan fingerprint density at radius 3 is 2.47 bits per heavy atom. The molecule has 1 aliphatic heterocycles. The Hall–Kier alpha value is -2.89. The maximum atomic E-state index is 12.0. The zero-order valence-electron chi connectivity index (χ0n) is 22.2. The molecule has 0 aromatic carbocycles. The number of nitriles is 1. The van der Waals surface area contributed by atoms with Gasteiger partial charge in [-0.3, -0.25) is 4.79 Å². The number of carbonyl (C=O) groups excluding carboxylic acids is 1. The van der Waals surface area contributed by atoms with E-state index in [1.807, 2.05) is 4.90 Å². The van der Waals surface area contributed by atoms with Crippen LogP contribution in [0, 0.1) is 29.1 Å². The van der Waals surface area contributed by atoms with Crippen molar-refractivity contribution in [3.05, 3.63) is 5.82 Å². The lowest BCUT2D eigenvalue weighted by Gasteiger charge is -2.40. The lowest BCUT2D eigenvalue weighted by atomic mass is 9.80. The van der Waals surface area contributed by atoms with Crippen LogP contribution in [0.1, 0.15) is 78.5 Å². The van der Waals surface area contributed by atoms with Crippen molar-refractivity contribution in [2.45, 2.75) is 91.3 Å². The molecule has 9 heteroatoms. The van der Waals surface area contributed by atoms with Crippen LogP contribution in [-0.4, -0.2) is 62.0 Å². The summed E-state index contributed by atoms with van der Waals surface area (Å²) in [5, 5.41) is 13.3. The summed E-state index contributed by atoms with van der Waals surface area (Å²) >= 11 is 0. The van der Waals surface area contributed by atoms with Gasteiger partial charge in [0.05, 0.1) is 0 Å². The Labute approximate surface area is 214 Å². The fourth-order valence-electron chi connectivity index (χ4n) is 6.15. The zero-order valence-corrected chi connectivity index (χ0v) is 22.2. The standard InChI is InChI=1S/C27H40N8O/c1-17-8-10-21(11-9-17)16-35-24-25(29-19(3)22-6-5-7-22)30-23(14-28)31-26(24)32-27(35)34-13-12-33(20(4)36)15-18(34)2/h17-19,21-22H,5-13,15-16H2,1-4H3,(H,29,30,31)/t17-,18-,19-,21-/m1/s1. The van der Waals surface area contributed by atoms with Crippen LogP contribution in [0.2, 0.25) is 0 Å². The first-order valence-corrected chi connectivity index (χ1v) is 13.8. The molecular formula is C27H40N8O. The molecule has 1 amide bonds. The normalized spacial score (nSPS) is 25.9. The predicted octanol–water partition coefficient (Wildman–Crippen LogP) is 4.18. The van der Waals surface area contributed by atoms with E-state index >= 15 is 0 Å². The van der Waals surface area contributed by atoms with Crippen molar-refractivity contribution in [1.82, 2.24) is 24.4 Å². The number of rotatable bonds is 6. The first-order chi connectivity index (χ1) is 17.3. The maximum absolute atomic E-state index is 12.0. The Balaban J connectivity index is 1.56. The summed E-state index contributed by atoms with van der Waals surface area (Å²) in [7, 11) is 0. The van der Waals surface area contributed by atoms with Crippen LogP contribution < -0.4 is 10.2 Å². The van der Waals surface area contributed by atoms with Gasteiger partial charge >= 0.3 is 0 Å². The number of hydrogen-bond donors (Lipinski definition) is 1. The van der Waals surface area contributed by atoms with Crippen molar-refractivity contribution in [1.29, 1.82) is 5.26 Å². The molecule has 0 radical (unpaired) electrons. The third-order valence-electron chi connectivity index (χ3n) is 8.81. The number of amides is 1. The zero-order chi connectivity index (χ0) is 25.4. The van der Waals surface area contributed by atoms with Crippen LogP contribution in [0.25, 0.3) is 11.2 Å². The molecule has 3 heterocycles. The molecule has 3 fully saturated rings. The molecule has 2 aromatic rings. The number of nitrogens with zero attached hydrogens (tertiary/aromatic N) is 7. The van der Waals surface area contributed by atoms with E-state index in [0.29, 0.717) is 30.6 Å². The summed E-state index contributed by atoms with van der Waals surface area (Å²) in [5.41, 5.74) is 1.50. The van der Waals surface area contributed by atoms with Gasteiger partial charge in [-0.05, 0) is 57.3 Å². The second-order valence-electron chi connectivity index (χ2n) is 11.5. The van der Waals surface area contributed by atoms with Crippen LogP contribution in [0.15, 0.2) is 0 Å². The minimum Gasteiger partial charge on any atom is -0.365 e. The summed E-state index contributed by atoms with van der Waals surface area (Å²) in [6, 6.07) is 2.56. The number of aromatic nitrogens is 4. The lowest BCUT2D eigenvalue weighted by molar-refractivity contribution is -0.129. The van der Waals surface area contributed by atoms with Gasteiger partial charge in [0, 0.05) is 45.2 Å². The average molecular weight is 493 g/mol. The van der Waals surface area contributed by atoms with Gasteiger partial charge in [-0.1, -0.05) is 26.2 Å². The summed E-state index contributed by atoms with van der Waals surface area (Å²) < 4.78 is 2.33. The first kappa shape index (κ1) is 24.8. The molecule has 1 saturated heterocycles. The minimum atomic E-state index is 0.118. The highest BCUT2D eigenvalue weighted by Crippen LogP contribution is 2.36. The summed E-state index contributed by atoms with van der Waals surface area (Å²) in [5.74, 6) is 3.91. The third-order valence-corrected chi connectivity index (χ3v) is 8.81. The number of fused-ring (bicyclic) bond motifs is 1. The lowest BCUT2D eigenvalue weighted by Crippen LogP contribution is -2.54. The number of piperazine rings is 1. The molecule has 5 rings (SSSR count). The quantitative estimate of drug-likeness (QED) is 0.645. The van der Waals surface area contributed by atoms with Crippen LogP contribution in [0.4, 0.5) is 11.8 Å². The first-order valence-electron chi connectivity index (χ1n) is 13.8. The van der Waals surface area contributed by atoms with Crippen LogP contribution >= 0.6 is 0 Å². The fraction of sp³-hybridized carbons (Fsp3) is 0.741. The van der Waals surface area contributed by atoms with E-state index in [0.717, 1.165) is 36.3 Å². The smallest absolute Gasteiger partial charge is 0.236 e. The third kappa shape index (κ3) is 4.87. The summed E-state index contributed by atoms with van der Waals surface area (Å²) in [6.45, 7) is 11.3. The highest BCUT2D eigenvalue weighted by Gasteiger charge is 2.32. The second-order valence-corrected chi connectivity index (χ2v) is 11.5. The van der Waals surface area contributed by atoms with Gasteiger partial charge in [0.2, 0.25) is 17.7 Å². The van der Waals surface area contributed by atoms with Crippen molar-refractivity contribution in [3.63, 3.8) is 0 Å². The molecule has 2 saturated carbocycles. The van der Waals surface area contributed by atoms with Gasteiger partial charge in [-0.25, -0.2) is 0 Å². The van der Waals surface area contributed by atoms with Gasteiger partial charge in [-0.15, -0.1) is 0 Å². The van der Waals surface area contributed by atoms with Crippen LogP contribution in [0.3, 0.4) is 0 Å². The van der Waals surface area contributed by atoms with E-state index in [2.05, 4.69) is 51.6 Å². The van der Waals surface area contributed by atoms with E-state index in [1.165, 1.54) is 44.9 Å². The number of nitrogens with one attached hydrogen (secondary N) is 1. The Kier molecular flexibility index (Phi) is 7.05. The molecule has 2 aromatic heterocycles. The monoisotopic (exact) mass is 492 g/mol. The van der Waals surface area contributed by atoms with Crippen LogP contribution in [0.5, 0.6) is 0 Å². The molecule has 0 bridgehead atoms. The molecule has 3 aliphatic rings. The molecule has 2 aliphatic carbocycles. The second kappa shape index (κ2) is 10.2. The Morgan fingerprint density at radius 1 is 1.11 bits per heavy atom. The van der Waals surface area contributed by atoms with E-state index in [9.17, 15) is 10.1 Å². The fourth-order valence-corrected chi connectivity index (χ4v) is 6.15. The topological polar surface area (TPSA) is 103 Å². The molecule has 0 spiro atoms. The predicted molar refractivity (Wildman–Crippen MR) is 141 cm³/mol. The van der Waals surface area contributed by atoms with E-state index in [-0.39, 0.29) is 23.8 Å². The van der Waals surface area contributed by atoms with Gasteiger partial charge in [0.15, 0.2) is 11.5 Å². The molecular weight excluding hydrogens is 452 g/mol. The molecule has 194 valence electrons. The number of carbonyl (C=O) groups is 1. The van der Waals surface area contributed by atoms with Crippen molar-refractivity contribution in [2.24, 2.45) is 17.8 Å². The van der Waals surface area contributed by atoms with Gasteiger partial charge in [0.25, 0.3) is 0 Å². The highest BCUT2D eigenvalue weighted by atomic mass is 16.2. The van der Waals surface area contributed by atoms with Crippen molar-refractivity contribution in [3.8, 4) is 6.07 Å². The van der Waals surface area contributed by atoms with E-state index < -0.39 is 0 Å². The Bertz CT molecular complexity index is 1140. The number of hydrogen-bond acceptors (Lipinski definition) is 7. The van der Waals surface area contributed by atoms with Crippen molar-refractivity contribution in [2.75, 3.05) is 29.9 Å². The van der Waals surface area contributed by atoms with Crippen molar-refractivity contribution < 1.29 is 4.79 Å². The summed E-state index contributed by atoms with van der Waals surface area (Å²) in [4.78, 5) is 30.5. The molecule has 2 atom stereocenters. The Morgan fingerprint density at radius 2 is 1.86 bits per heavy atom. The highest BCUT2D eigenvalue weighted by molar-refractivity contribution is 5.86. The van der Waals surface area contributed by atoms with E-state index in [4.69, 9.17) is 4.98 Å². The molecule has 9 nitrogen and oxygen atoms in total. The van der Waals surface area contributed by atoms with Gasteiger partial charge in [-0.2, -0.15) is 20.2 Å². The number of anilines is 2. The SMILES string of the molecule is CC(=O)N1CCN(c2nc3nc(C#N)nc(N[C@H](C)C4CCC4)c3n2C[C@H]2CC[C@H](C)CC2)[C@H](C)C1. The summed E-state index contributed by atoms with van der Waals surface area (Å²) in [6.07, 6.45) is 8.70. The molecule has 0 unspecified atom stereocenters. The largest absolute Gasteiger partial charge is 0.365 e.